The molecule has 1 heterocycles. The summed E-state index contributed by atoms with van der Waals surface area (Å²) in [4.78, 5) is 0. The van der Waals surface area contributed by atoms with Crippen LogP contribution in [0.2, 0.25) is 0 Å². The largest absolute Gasteiger partial charge is 0.722 e. The molecule has 0 aliphatic heterocycles. The van der Waals surface area contributed by atoms with Crippen molar-refractivity contribution in [3.8, 4) is 28.0 Å². The Kier molecular flexibility index (Phi) is 7.40. The summed E-state index contributed by atoms with van der Waals surface area (Å²) in [5.74, 6) is 0.549. The van der Waals surface area contributed by atoms with E-state index in [1.54, 1.807) is 12.3 Å². The molecule has 3 rings (SSSR count). The van der Waals surface area contributed by atoms with Gasteiger partial charge in [-0.3, -0.25) is 0 Å². The lowest BCUT2D eigenvalue weighted by atomic mass is 9.98. The van der Waals surface area contributed by atoms with E-state index in [9.17, 15) is 17.1 Å². The second-order valence-corrected chi connectivity index (χ2v) is 7.41. The number of aryl methyl sites for hydroxylation is 2. The lowest BCUT2D eigenvalue weighted by molar-refractivity contribution is -0.670. The molecule has 0 bridgehead atoms. The fraction of sp³-hybridized carbons (Fsp3) is 0.190. The molecule has 2 aromatic carbocycles. The van der Waals surface area contributed by atoms with Gasteiger partial charge in [-0.15, -0.1) is 3.89 Å². The smallest absolute Gasteiger partial charge is 0.416 e. The number of benzene rings is 2. The first-order valence-electron chi connectivity index (χ1n) is 8.77. The van der Waals surface area contributed by atoms with Crippen LogP contribution in [0.5, 0.6) is 5.75 Å². The van der Waals surface area contributed by atoms with Crippen molar-refractivity contribution in [1.82, 2.24) is 0 Å². The lowest BCUT2D eigenvalue weighted by Gasteiger charge is -2.14. The quantitative estimate of drug-likeness (QED) is 0.250. The first kappa shape index (κ1) is 24.3. The molecule has 0 saturated carbocycles. The van der Waals surface area contributed by atoms with Crippen LogP contribution in [0.3, 0.4) is 0 Å². The van der Waals surface area contributed by atoms with Crippen molar-refractivity contribution in [3.63, 3.8) is 0 Å². The van der Waals surface area contributed by atoms with Gasteiger partial charge in [-0.05, 0) is 30.2 Å². The average molecular weight is 457 g/mol. The van der Waals surface area contributed by atoms with E-state index in [0.29, 0.717) is 16.9 Å². The van der Waals surface area contributed by atoms with Crippen LogP contribution in [0.1, 0.15) is 11.1 Å². The highest BCUT2D eigenvalue weighted by Gasteiger charge is 2.31. The van der Waals surface area contributed by atoms with Crippen LogP contribution in [-0.2, 0) is 23.7 Å². The van der Waals surface area contributed by atoms with Crippen molar-refractivity contribution in [2.24, 2.45) is 7.05 Å². The fourth-order valence-corrected chi connectivity index (χ4v) is 3.01. The van der Waals surface area contributed by atoms with Crippen LogP contribution in [0.25, 0.3) is 22.3 Å². The topological polar surface area (TPSA) is 70.3 Å². The highest BCUT2D eigenvalue weighted by molar-refractivity contribution is 7.80. The van der Waals surface area contributed by atoms with Gasteiger partial charge in [0.05, 0.1) is 23.8 Å². The normalized spacial score (nSPS) is 11.5. The maximum absolute atomic E-state index is 13.1. The van der Waals surface area contributed by atoms with Gasteiger partial charge in [0, 0.05) is 0 Å². The third-order valence-corrected chi connectivity index (χ3v) is 4.19. The summed E-state index contributed by atoms with van der Waals surface area (Å²) >= 11 is 0. The predicted octanol–water partition coefficient (Wildman–Crippen LogP) is 4.60. The molecule has 0 aliphatic carbocycles. The predicted molar refractivity (Wildman–Crippen MR) is 106 cm³/mol. The molecule has 31 heavy (non-hydrogen) atoms. The van der Waals surface area contributed by atoms with Gasteiger partial charge in [0.2, 0.25) is 0 Å². The van der Waals surface area contributed by atoms with Crippen molar-refractivity contribution in [3.05, 3.63) is 72.1 Å². The van der Waals surface area contributed by atoms with E-state index in [-0.39, 0.29) is 0 Å². The molecule has 0 atom stereocenters. The van der Waals surface area contributed by atoms with Gasteiger partial charge in [0.25, 0.3) is 10.5 Å². The number of hydrogen-bond donors (Lipinski definition) is 0. The van der Waals surface area contributed by atoms with Crippen LogP contribution < -0.4 is 9.30 Å². The van der Waals surface area contributed by atoms with Crippen LogP contribution in [0.15, 0.2) is 60.9 Å². The standard InChI is InChI=1S/C21H19F3NO.FHO3S/c1-14-6-4-7-15(10-14)18-12-25(2)13-19(20(18)26-3)16-8-5-9-17(11-16)21(22,23)24;1-5(2,3)4/h4-13H,1-3H3;(H,2,3,4)/q+1;/p-1. The molecular weight excluding hydrogens is 438 g/mol. The summed E-state index contributed by atoms with van der Waals surface area (Å²) in [5, 5.41) is 0. The van der Waals surface area contributed by atoms with Crippen LogP contribution in [-0.4, -0.2) is 20.1 Å². The molecule has 0 fully saturated rings. The van der Waals surface area contributed by atoms with Gasteiger partial charge in [-0.2, -0.15) is 13.2 Å². The summed E-state index contributed by atoms with van der Waals surface area (Å²) in [7, 11) is -2.04. The Bertz CT molecular complexity index is 1170. The highest BCUT2D eigenvalue weighted by atomic mass is 32.3. The first-order chi connectivity index (χ1) is 14.3. The average Bonchev–Trinajstić information content (AvgIpc) is 2.65. The minimum Gasteiger partial charge on any atom is -0.722 e. The summed E-state index contributed by atoms with van der Waals surface area (Å²) in [5.41, 5.74) is 3.26. The van der Waals surface area contributed by atoms with Gasteiger partial charge in [0.15, 0.2) is 12.4 Å². The van der Waals surface area contributed by atoms with Crippen molar-refractivity contribution in [2.45, 2.75) is 13.1 Å². The Balaban J connectivity index is 0.000000614. The molecule has 10 heteroatoms. The number of hydrogen-bond acceptors (Lipinski definition) is 4. The van der Waals surface area contributed by atoms with E-state index in [4.69, 9.17) is 17.7 Å². The Labute approximate surface area is 177 Å². The minimum atomic E-state index is -5.42. The minimum absolute atomic E-state index is 0.460. The monoisotopic (exact) mass is 457 g/mol. The second-order valence-electron chi connectivity index (χ2n) is 6.63. The Morgan fingerprint density at radius 1 is 0.968 bits per heavy atom. The number of halogens is 4. The molecule has 0 N–H and O–H groups in total. The van der Waals surface area contributed by atoms with Crippen LogP contribution in [0, 0.1) is 6.92 Å². The summed E-state index contributed by atoms with van der Waals surface area (Å²) in [6.45, 7) is 1.99. The molecule has 5 nitrogen and oxygen atoms in total. The van der Waals surface area contributed by atoms with Gasteiger partial charge in [-0.25, -0.2) is 13.0 Å². The van der Waals surface area contributed by atoms with E-state index in [2.05, 4.69) is 0 Å². The van der Waals surface area contributed by atoms with Crippen molar-refractivity contribution < 1.29 is 39.3 Å². The molecule has 0 spiro atoms. The van der Waals surface area contributed by atoms with Crippen molar-refractivity contribution in [1.29, 1.82) is 0 Å². The molecule has 1 aromatic heterocycles. The highest BCUT2D eigenvalue weighted by Crippen LogP contribution is 2.39. The molecule has 166 valence electrons. The number of aromatic nitrogens is 1. The lowest BCUT2D eigenvalue weighted by Crippen LogP contribution is -2.27. The SMILES string of the molecule is COc1c(-c2cccc(C)c2)c[n+](C)cc1-c1cccc(C(F)(F)F)c1.O=S(=O)([O-])F. The molecule has 0 amide bonds. The number of nitrogens with zero attached hydrogens (tertiary/aromatic N) is 1. The number of pyridine rings is 1. The first-order valence-corrected chi connectivity index (χ1v) is 10.1. The zero-order chi connectivity index (χ0) is 23.4. The fourth-order valence-electron chi connectivity index (χ4n) is 3.01. The van der Waals surface area contributed by atoms with Gasteiger partial charge < -0.3 is 9.29 Å². The van der Waals surface area contributed by atoms with Crippen LogP contribution >= 0.6 is 0 Å². The van der Waals surface area contributed by atoms with E-state index < -0.39 is 22.2 Å². The Hall–Kier alpha value is -2.98. The van der Waals surface area contributed by atoms with Gasteiger partial charge in [0.1, 0.15) is 12.8 Å². The van der Waals surface area contributed by atoms with Crippen molar-refractivity contribution in [2.75, 3.05) is 7.11 Å². The molecule has 0 saturated heterocycles. The number of methoxy groups -OCH3 is 1. The van der Waals surface area contributed by atoms with E-state index >= 15 is 0 Å². The Morgan fingerprint density at radius 2 is 1.45 bits per heavy atom. The van der Waals surface area contributed by atoms with E-state index in [1.165, 1.54) is 13.2 Å². The molecule has 3 aromatic rings. The summed E-state index contributed by atoms with van der Waals surface area (Å²) < 4.78 is 82.1. The second kappa shape index (κ2) is 9.44. The maximum atomic E-state index is 13.1. The number of alkyl halides is 3. The Morgan fingerprint density at radius 3 is 1.90 bits per heavy atom. The summed E-state index contributed by atoms with van der Waals surface area (Å²) in [6.07, 6.45) is -0.710. The van der Waals surface area contributed by atoms with Gasteiger partial charge >= 0.3 is 6.18 Å². The number of ether oxygens (including phenoxy) is 1. The van der Waals surface area contributed by atoms with E-state index in [0.717, 1.165) is 28.8 Å². The summed E-state index contributed by atoms with van der Waals surface area (Å²) in [6, 6.07) is 13.2. The maximum Gasteiger partial charge on any atom is 0.416 e. The van der Waals surface area contributed by atoms with Crippen LogP contribution in [0.4, 0.5) is 17.1 Å². The molecule has 0 radical (unpaired) electrons. The molecule has 0 unspecified atom stereocenters. The molecule has 0 aliphatic rings. The van der Waals surface area contributed by atoms with Gasteiger partial charge in [-0.1, -0.05) is 42.0 Å². The zero-order valence-electron chi connectivity index (χ0n) is 16.8. The molecular formula is C21H19F4NO4S. The third-order valence-electron chi connectivity index (χ3n) is 4.19. The number of rotatable bonds is 3. The van der Waals surface area contributed by atoms with E-state index in [1.807, 2.05) is 49.0 Å². The van der Waals surface area contributed by atoms with Crippen molar-refractivity contribution >= 4 is 10.5 Å². The zero-order valence-corrected chi connectivity index (χ0v) is 17.6. The third kappa shape index (κ3) is 7.04.